The molecule has 0 saturated heterocycles. The molecule has 2 rings (SSSR count). The van der Waals surface area contributed by atoms with E-state index in [1.165, 1.54) is 0 Å². The molecule has 0 aliphatic heterocycles. The normalized spacial score (nSPS) is 10.3. The second-order valence-electron chi connectivity index (χ2n) is 6.94. The van der Waals surface area contributed by atoms with E-state index in [1.807, 2.05) is 0 Å². The van der Waals surface area contributed by atoms with Crippen LogP contribution < -0.4 is 20.7 Å². The number of carbonyl (C=O) groups excluding carboxylic acids is 2. The molecule has 0 atom stereocenters. The number of rotatable bonds is 8. The number of hydrogen-bond donors (Lipinski definition) is 3. The van der Waals surface area contributed by atoms with Crippen molar-refractivity contribution in [1.29, 1.82) is 0 Å². The largest absolute Gasteiger partial charge is 0.494 e. The lowest BCUT2D eigenvalue weighted by atomic mass is 10.1. The van der Waals surface area contributed by atoms with Crippen LogP contribution in [-0.4, -0.2) is 23.5 Å². The summed E-state index contributed by atoms with van der Waals surface area (Å²) in [4.78, 5) is 23.7. The summed E-state index contributed by atoms with van der Waals surface area (Å²) in [7, 11) is 0. The molecule has 29 heavy (non-hydrogen) atoms. The summed E-state index contributed by atoms with van der Waals surface area (Å²) in [5, 5.41) is 8.56. The first-order chi connectivity index (χ1) is 13.9. The van der Waals surface area contributed by atoms with Gasteiger partial charge in [0, 0.05) is 23.4 Å². The Balaban J connectivity index is 1.83. The summed E-state index contributed by atoms with van der Waals surface area (Å²) in [6.07, 6.45) is 1.40. The van der Waals surface area contributed by atoms with Gasteiger partial charge < -0.3 is 15.4 Å². The van der Waals surface area contributed by atoms with Crippen molar-refractivity contribution < 1.29 is 14.3 Å². The highest BCUT2D eigenvalue weighted by molar-refractivity contribution is 7.80. The molecule has 2 amide bonds. The van der Waals surface area contributed by atoms with Crippen LogP contribution in [0.1, 0.15) is 44.0 Å². The molecular formula is C22H27N3O3S. The Morgan fingerprint density at radius 2 is 1.55 bits per heavy atom. The zero-order chi connectivity index (χ0) is 21.2. The lowest BCUT2D eigenvalue weighted by Crippen LogP contribution is -2.34. The van der Waals surface area contributed by atoms with Crippen LogP contribution >= 0.6 is 12.2 Å². The quantitative estimate of drug-likeness (QED) is 0.552. The van der Waals surface area contributed by atoms with Crippen molar-refractivity contribution in [1.82, 2.24) is 5.32 Å². The first-order valence-electron chi connectivity index (χ1n) is 9.62. The SMILES string of the molecule is CCC(=O)Nc1ccc(NC(=S)NC(=O)c2ccc(OCCC(C)C)cc2)cc1. The standard InChI is InChI=1S/C22H27N3O3S/c1-4-20(26)23-17-7-9-18(10-8-17)24-22(29)25-21(27)16-5-11-19(12-6-16)28-14-13-15(2)3/h5-12,15H,4,13-14H2,1-3H3,(H,23,26)(H2,24,25,27,29). The number of benzene rings is 2. The number of nitrogens with one attached hydrogen (secondary N) is 3. The molecule has 2 aromatic rings. The third kappa shape index (κ3) is 7.91. The van der Waals surface area contributed by atoms with Gasteiger partial charge in [-0.3, -0.25) is 14.9 Å². The molecule has 0 aromatic heterocycles. The zero-order valence-electron chi connectivity index (χ0n) is 17.0. The molecule has 2 aromatic carbocycles. The molecule has 0 unspecified atom stereocenters. The molecule has 0 aliphatic carbocycles. The fourth-order valence-corrected chi connectivity index (χ4v) is 2.55. The van der Waals surface area contributed by atoms with Gasteiger partial charge in [-0.15, -0.1) is 0 Å². The van der Waals surface area contributed by atoms with E-state index in [0.29, 0.717) is 35.9 Å². The third-order valence-corrected chi connectivity index (χ3v) is 4.26. The average molecular weight is 414 g/mol. The minimum absolute atomic E-state index is 0.0511. The van der Waals surface area contributed by atoms with Crippen LogP contribution in [0.5, 0.6) is 5.75 Å². The fourth-order valence-electron chi connectivity index (χ4n) is 2.34. The Kier molecular flexibility index (Phi) is 8.61. The van der Waals surface area contributed by atoms with Gasteiger partial charge in [-0.25, -0.2) is 0 Å². The summed E-state index contributed by atoms with van der Waals surface area (Å²) in [6.45, 7) is 6.73. The molecule has 0 bridgehead atoms. The van der Waals surface area contributed by atoms with Gasteiger partial charge in [0.05, 0.1) is 6.61 Å². The highest BCUT2D eigenvalue weighted by atomic mass is 32.1. The van der Waals surface area contributed by atoms with Crippen molar-refractivity contribution in [3.05, 3.63) is 54.1 Å². The maximum Gasteiger partial charge on any atom is 0.257 e. The van der Waals surface area contributed by atoms with E-state index < -0.39 is 0 Å². The maximum absolute atomic E-state index is 12.3. The van der Waals surface area contributed by atoms with E-state index >= 15 is 0 Å². The molecule has 6 nitrogen and oxygen atoms in total. The lowest BCUT2D eigenvalue weighted by molar-refractivity contribution is -0.115. The maximum atomic E-state index is 12.3. The van der Waals surface area contributed by atoms with Crippen molar-refractivity contribution in [2.75, 3.05) is 17.2 Å². The first kappa shape index (κ1) is 22.4. The predicted octanol–water partition coefficient (Wildman–Crippen LogP) is 4.59. The highest BCUT2D eigenvalue weighted by Crippen LogP contribution is 2.15. The molecule has 0 fully saturated rings. The fraction of sp³-hybridized carbons (Fsp3) is 0.318. The minimum Gasteiger partial charge on any atom is -0.494 e. The van der Waals surface area contributed by atoms with E-state index in [1.54, 1.807) is 55.5 Å². The number of thiocarbonyl (C=S) groups is 1. The van der Waals surface area contributed by atoms with Gasteiger partial charge in [0.2, 0.25) is 5.91 Å². The molecule has 0 saturated carbocycles. The number of anilines is 2. The van der Waals surface area contributed by atoms with Crippen molar-refractivity contribution in [2.45, 2.75) is 33.6 Å². The van der Waals surface area contributed by atoms with Crippen molar-refractivity contribution >= 4 is 40.5 Å². The van der Waals surface area contributed by atoms with Gasteiger partial charge in [-0.2, -0.15) is 0 Å². The second-order valence-corrected chi connectivity index (χ2v) is 7.35. The number of ether oxygens (including phenoxy) is 1. The smallest absolute Gasteiger partial charge is 0.257 e. The molecule has 0 aliphatic rings. The summed E-state index contributed by atoms with van der Waals surface area (Å²) in [6, 6.07) is 14.0. The van der Waals surface area contributed by atoms with Crippen LogP contribution in [0.4, 0.5) is 11.4 Å². The highest BCUT2D eigenvalue weighted by Gasteiger charge is 2.09. The Morgan fingerprint density at radius 1 is 0.966 bits per heavy atom. The van der Waals surface area contributed by atoms with E-state index in [2.05, 4.69) is 29.8 Å². The van der Waals surface area contributed by atoms with Crippen LogP contribution in [-0.2, 0) is 4.79 Å². The Labute approximate surface area is 177 Å². The molecule has 3 N–H and O–H groups in total. The molecule has 0 heterocycles. The molecule has 7 heteroatoms. The summed E-state index contributed by atoms with van der Waals surface area (Å²) in [5.41, 5.74) is 1.90. The van der Waals surface area contributed by atoms with Crippen LogP contribution in [0.25, 0.3) is 0 Å². The van der Waals surface area contributed by atoms with Gasteiger partial charge in [0.25, 0.3) is 5.91 Å². The topological polar surface area (TPSA) is 79.5 Å². The Morgan fingerprint density at radius 3 is 2.10 bits per heavy atom. The molecule has 0 radical (unpaired) electrons. The van der Waals surface area contributed by atoms with Gasteiger partial charge in [0.15, 0.2) is 5.11 Å². The van der Waals surface area contributed by atoms with Gasteiger partial charge in [-0.1, -0.05) is 20.8 Å². The van der Waals surface area contributed by atoms with Gasteiger partial charge >= 0.3 is 0 Å². The van der Waals surface area contributed by atoms with Gasteiger partial charge in [0.1, 0.15) is 5.75 Å². The Hall–Kier alpha value is -2.93. The predicted molar refractivity (Wildman–Crippen MR) is 120 cm³/mol. The van der Waals surface area contributed by atoms with Crippen LogP contribution in [0.2, 0.25) is 0 Å². The minimum atomic E-state index is -0.303. The summed E-state index contributed by atoms with van der Waals surface area (Å²) in [5.74, 6) is 0.964. The van der Waals surface area contributed by atoms with E-state index in [0.717, 1.165) is 12.2 Å². The monoisotopic (exact) mass is 413 g/mol. The first-order valence-corrected chi connectivity index (χ1v) is 10.0. The van der Waals surface area contributed by atoms with Crippen molar-refractivity contribution in [3.8, 4) is 5.75 Å². The summed E-state index contributed by atoms with van der Waals surface area (Å²) < 4.78 is 5.66. The third-order valence-electron chi connectivity index (χ3n) is 4.06. The average Bonchev–Trinajstić information content (AvgIpc) is 2.69. The van der Waals surface area contributed by atoms with Crippen molar-refractivity contribution in [2.24, 2.45) is 5.92 Å². The number of carbonyl (C=O) groups is 2. The zero-order valence-corrected chi connectivity index (χ0v) is 17.8. The van der Waals surface area contributed by atoms with E-state index in [-0.39, 0.29) is 16.9 Å². The van der Waals surface area contributed by atoms with Crippen molar-refractivity contribution in [3.63, 3.8) is 0 Å². The molecular weight excluding hydrogens is 386 g/mol. The molecule has 0 spiro atoms. The number of hydrogen-bond acceptors (Lipinski definition) is 4. The Bertz CT molecular complexity index is 833. The van der Waals surface area contributed by atoms with Crippen LogP contribution in [0.3, 0.4) is 0 Å². The molecule has 154 valence electrons. The number of amides is 2. The van der Waals surface area contributed by atoms with E-state index in [4.69, 9.17) is 17.0 Å². The lowest BCUT2D eigenvalue weighted by Gasteiger charge is -2.11. The van der Waals surface area contributed by atoms with E-state index in [9.17, 15) is 9.59 Å². The van der Waals surface area contributed by atoms with Crippen LogP contribution in [0.15, 0.2) is 48.5 Å². The summed E-state index contributed by atoms with van der Waals surface area (Å²) >= 11 is 5.20. The van der Waals surface area contributed by atoms with Crippen LogP contribution in [0, 0.1) is 5.92 Å². The van der Waals surface area contributed by atoms with Gasteiger partial charge in [-0.05, 0) is 73.1 Å². The second kappa shape index (κ2) is 11.2.